The highest BCUT2D eigenvalue weighted by Gasteiger charge is 1.98. The summed E-state index contributed by atoms with van der Waals surface area (Å²) < 4.78 is 4.79. The molecule has 0 N–H and O–H groups in total. The molecule has 10 heavy (non-hydrogen) atoms. The van der Waals surface area contributed by atoms with Gasteiger partial charge >= 0.3 is 5.97 Å². The third kappa shape index (κ3) is 5.60. The summed E-state index contributed by atoms with van der Waals surface area (Å²) in [6, 6.07) is 0. The third-order valence-electron chi connectivity index (χ3n) is 1.14. The Hall–Kier alpha value is -0.530. The summed E-state index contributed by atoms with van der Waals surface area (Å²) >= 11 is 0. The van der Waals surface area contributed by atoms with Gasteiger partial charge in [0.15, 0.2) is 0 Å². The van der Waals surface area contributed by atoms with Gasteiger partial charge in [-0.25, -0.2) is 0 Å². The summed E-state index contributed by atoms with van der Waals surface area (Å²) in [4.78, 5) is 10.7. The fraction of sp³-hybridized carbons (Fsp3) is 0.750. The van der Waals surface area contributed by atoms with Crippen molar-refractivity contribution in [2.45, 2.75) is 32.6 Å². The molecule has 0 bridgehead atoms. The van der Waals surface area contributed by atoms with Crippen molar-refractivity contribution < 1.29 is 9.53 Å². The number of unbranched alkanes of at least 4 members (excludes halogenated alkanes) is 1. The summed E-state index contributed by atoms with van der Waals surface area (Å²) in [5.74, 6) is -0.0921. The molecule has 0 fully saturated rings. The van der Waals surface area contributed by atoms with Crippen molar-refractivity contribution in [1.82, 2.24) is 0 Å². The Morgan fingerprint density at radius 3 is 2.80 bits per heavy atom. The molecule has 0 aromatic heterocycles. The van der Waals surface area contributed by atoms with Crippen LogP contribution in [0.15, 0.2) is 0 Å². The lowest BCUT2D eigenvalue weighted by Gasteiger charge is -2.00. The fourth-order valence-corrected chi connectivity index (χ4v) is 0.579. The Morgan fingerprint density at radius 2 is 2.30 bits per heavy atom. The number of hydrogen-bond acceptors (Lipinski definition) is 2. The second-order valence-electron chi connectivity index (χ2n) is 2.18. The monoisotopic (exact) mass is 143 g/mol. The Labute approximate surface area is 62.6 Å². The van der Waals surface area contributed by atoms with Crippen LogP contribution in [0, 0.1) is 6.92 Å². The van der Waals surface area contributed by atoms with Gasteiger partial charge in [0.2, 0.25) is 0 Å². The summed E-state index contributed by atoms with van der Waals surface area (Å²) in [5.41, 5.74) is 0. The predicted molar refractivity (Wildman–Crippen MR) is 40.5 cm³/mol. The van der Waals surface area contributed by atoms with Crippen molar-refractivity contribution in [2.75, 3.05) is 6.61 Å². The molecule has 59 valence electrons. The molecule has 0 spiro atoms. The first-order valence-electron chi connectivity index (χ1n) is 3.76. The number of carbonyl (C=O) groups is 1. The average molecular weight is 143 g/mol. The normalized spacial score (nSPS) is 9.40. The van der Waals surface area contributed by atoms with Crippen LogP contribution < -0.4 is 0 Å². The molecule has 0 aliphatic heterocycles. The van der Waals surface area contributed by atoms with E-state index in [2.05, 4.69) is 13.8 Å². The van der Waals surface area contributed by atoms with E-state index in [9.17, 15) is 4.79 Å². The third-order valence-corrected chi connectivity index (χ3v) is 1.14. The minimum absolute atomic E-state index is 0.0921. The molecule has 2 heteroatoms. The molecule has 0 aromatic rings. The molecule has 0 amide bonds. The van der Waals surface area contributed by atoms with Crippen LogP contribution in [0.5, 0.6) is 0 Å². The number of rotatable bonds is 5. The first-order valence-corrected chi connectivity index (χ1v) is 3.76. The van der Waals surface area contributed by atoms with E-state index < -0.39 is 0 Å². The van der Waals surface area contributed by atoms with Crippen LogP contribution in [-0.2, 0) is 9.53 Å². The van der Waals surface area contributed by atoms with E-state index in [1.807, 2.05) is 0 Å². The number of hydrogen-bond donors (Lipinski definition) is 0. The lowest BCUT2D eigenvalue weighted by molar-refractivity contribution is -0.143. The van der Waals surface area contributed by atoms with Gasteiger partial charge in [-0.3, -0.25) is 4.79 Å². The smallest absolute Gasteiger partial charge is 0.305 e. The summed E-state index contributed by atoms with van der Waals surface area (Å²) in [6.07, 6.45) is 3.18. The molecule has 0 heterocycles. The van der Waals surface area contributed by atoms with E-state index in [4.69, 9.17) is 4.74 Å². The van der Waals surface area contributed by atoms with E-state index in [1.54, 1.807) is 0 Å². The van der Waals surface area contributed by atoms with Crippen molar-refractivity contribution in [3.8, 4) is 0 Å². The molecule has 0 aliphatic rings. The number of esters is 1. The van der Waals surface area contributed by atoms with Crippen LogP contribution in [0.25, 0.3) is 0 Å². The maximum Gasteiger partial charge on any atom is 0.305 e. The zero-order valence-electron chi connectivity index (χ0n) is 6.56. The Morgan fingerprint density at radius 1 is 1.60 bits per heavy atom. The largest absolute Gasteiger partial charge is 0.466 e. The lowest BCUT2D eigenvalue weighted by atomic mass is 10.2. The number of carbonyl (C=O) groups excluding carboxylic acids is 1. The lowest BCUT2D eigenvalue weighted by Crippen LogP contribution is -2.04. The van der Waals surface area contributed by atoms with Gasteiger partial charge in [0.1, 0.15) is 0 Å². The zero-order valence-corrected chi connectivity index (χ0v) is 6.56. The molecule has 2 nitrogen and oxygen atoms in total. The van der Waals surface area contributed by atoms with Crippen LogP contribution in [0.3, 0.4) is 0 Å². The van der Waals surface area contributed by atoms with Crippen molar-refractivity contribution in [1.29, 1.82) is 0 Å². The molecule has 1 radical (unpaired) electrons. The van der Waals surface area contributed by atoms with Crippen LogP contribution in [0.1, 0.15) is 32.6 Å². The molecule has 0 aliphatic carbocycles. The second kappa shape index (κ2) is 6.59. The zero-order chi connectivity index (χ0) is 7.82. The van der Waals surface area contributed by atoms with Gasteiger partial charge in [-0.15, -0.1) is 0 Å². The Bertz CT molecular complexity index is 79.3. The van der Waals surface area contributed by atoms with Crippen molar-refractivity contribution in [2.24, 2.45) is 0 Å². The molecule has 0 aromatic carbocycles. The van der Waals surface area contributed by atoms with Crippen molar-refractivity contribution >= 4 is 5.97 Å². The van der Waals surface area contributed by atoms with Crippen LogP contribution in [0.2, 0.25) is 0 Å². The number of ether oxygens (including phenoxy) is 1. The van der Waals surface area contributed by atoms with Crippen LogP contribution in [-0.4, -0.2) is 12.6 Å². The van der Waals surface area contributed by atoms with E-state index in [1.165, 1.54) is 0 Å². The summed E-state index contributed by atoms with van der Waals surface area (Å²) in [7, 11) is 0. The van der Waals surface area contributed by atoms with Crippen molar-refractivity contribution in [3.63, 3.8) is 0 Å². The van der Waals surface area contributed by atoms with Gasteiger partial charge in [0.25, 0.3) is 0 Å². The molecule has 0 rings (SSSR count). The SMILES string of the molecule is [CH2]CCOC(=O)CCCC. The van der Waals surface area contributed by atoms with Gasteiger partial charge in [-0.1, -0.05) is 13.3 Å². The molecule has 0 saturated heterocycles. The molecule has 0 saturated carbocycles. The maximum absolute atomic E-state index is 10.7. The van der Waals surface area contributed by atoms with Crippen molar-refractivity contribution in [3.05, 3.63) is 6.92 Å². The first-order chi connectivity index (χ1) is 4.81. The van der Waals surface area contributed by atoms with Gasteiger partial charge < -0.3 is 4.74 Å². The average Bonchev–Trinajstić information content (AvgIpc) is 1.97. The minimum atomic E-state index is -0.0921. The molecule has 0 atom stereocenters. The Balaban J connectivity index is 3.09. The Kier molecular flexibility index (Phi) is 6.24. The van der Waals surface area contributed by atoms with E-state index in [-0.39, 0.29) is 5.97 Å². The van der Waals surface area contributed by atoms with Crippen LogP contribution in [0.4, 0.5) is 0 Å². The van der Waals surface area contributed by atoms with Gasteiger partial charge in [0, 0.05) is 6.42 Å². The van der Waals surface area contributed by atoms with Gasteiger partial charge in [-0.2, -0.15) is 0 Å². The predicted octanol–water partition coefficient (Wildman–Crippen LogP) is 1.94. The highest BCUT2D eigenvalue weighted by atomic mass is 16.5. The first kappa shape index (κ1) is 9.47. The van der Waals surface area contributed by atoms with E-state index in [0.717, 1.165) is 12.8 Å². The highest BCUT2D eigenvalue weighted by Crippen LogP contribution is 1.96. The molecular formula is C8H15O2. The van der Waals surface area contributed by atoms with E-state index >= 15 is 0 Å². The van der Waals surface area contributed by atoms with Crippen LogP contribution >= 0.6 is 0 Å². The minimum Gasteiger partial charge on any atom is -0.466 e. The topological polar surface area (TPSA) is 26.3 Å². The summed E-state index contributed by atoms with van der Waals surface area (Å²) in [5, 5.41) is 0. The van der Waals surface area contributed by atoms with Gasteiger partial charge in [0.05, 0.1) is 6.61 Å². The maximum atomic E-state index is 10.7. The standard InChI is InChI=1S/C8H15O2/c1-3-5-6-8(9)10-7-4-2/h2-7H2,1H3. The molecule has 0 unspecified atom stereocenters. The highest BCUT2D eigenvalue weighted by molar-refractivity contribution is 5.69. The fourth-order valence-electron chi connectivity index (χ4n) is 0.579. The quantitative estimate of drug-likeness (QED) is 0.550. The van der Waals surface area contributed by atoms with Gasteiger partial charge in [-0.05, 0) is 19.8 Å². The summed E-state index contributed by atoms with van der Waals surface area (Å²) in [6.45, 7) is 6.07. The van der Waals surface area contributed by atoms with E-state index in [0.29, 0.717) is 19.4 Å². The second-order valence-corrected chi connectivity index (χ2v) is 2.18. The molecular weight excluding hydrogens is 128 g/mol.